The Kier molecular flexibility index (Phi) is 7.80. The van der Waals surface area contributed by atoms with Crippen molar-refractivity contribution in [3.63, 3.8) is 0 Å². The van der Waals surface area contributed by atoms with Gasteiger partial charge in [-0.3, -0.25) is 18.6 Å². The zero-order chi connectivity index (χ0) is 38.6. The molecule has 2 aliphatic heterocycles. The summed E-state index contributed by atoms with van der Waals surface area (Å²) in [6.45, 7) is 7.28. The van der Waals surface area contributed by atoms with Crippen LogP contribution >= 0.6 is 0 Å². The van der Waals surface area contributed by atoms with Gasteiger partial charge in [-0.15, -0.1) is 0 Å². The highest BCUT2D eigenvalue weighted by Gasteiger charge is 2.37. The Morgan fingerprint density at radius 1 is 0.982 bits per heavy atom. The molecular formula is C43H42F2N8O3. The summed E-state index contributed by atoms with van der Waals surface area (Å²) in [4.78, 5) is 34.3. The van der Waals surface area contributed by atoms with E-state index in [0.717, 1.165) is 42.3 Å². The summed E-state index contributed by atoms with van der Waals surface area (Å²) < 4.78 is 43.0. The fourth-order valence-corrected chi connectivity index (χ4v) is 9.09. The molecule has 0 unspecified atom stereocenters. The number of carbonyl (C=O) groups is 1. The number of aromatic amines is 1. The molecule has 4 aromatic heterocycles. The normalized spacial score (nSPS) is 19.6. The fraction of sp³-hybridized carbons (Fsp3) is 0.349. The average molecular weight is 757 g/mol. The minimum atomic E-state index is -0.564. The van der Waals surface area contributed by atoms with Crippen LogP contribution < -0.4 is 5.69 Å². The Morgan fingerprint density at radius 2 is 1.80 bits per heavy atom. The first-order valence-electron chi connectivity index (χ1n) is 19.4. The minimum Gasteiger partial charge on any atom is -0.376 e. The number of aryl methyl sites for hydroxylation is 1. The highest BCUT2D eigenvalue weighted by atomic mass is 19.1. The molecule has 1 amide bonds. The molecule has 0 radical (unpaired) electrons. The van der Waals surface area contributed by atoms with Crippen molar-refractivity contribution >= 4 is 27.7 Å². The summed E-state index contributed by atoms with van der Waals surface area (Å²) in [5.74, 6) is -0.139. The standard InChI is InChI=1S/C43H42F2N8O3/c1-24-37-33(14-16-50(24)41(54)34-20-26-6-5-7-29(39(26)47-34)27-15-19-56-43(2,3)22-27)48-53(28-10-11-32(44)30(21-28)25-8-9-25)40(37)52-18-17-51(42(52)55)36-13-12-35-31(38(36)45)23-46-49(35)4/h5-7,10-13,17-18,20-21,23-25,27,47H,8-9,14-16,19,22H2,1-4H3/t24-,27-/m0/s1. The van der Waals surface area contributed by atoms with E-state index in [1.54, 1.807) is 40.8 Å². The van der Waals surface area contributed by atoms with Gasteiger partial charge in [0.1, 0.15) is 17.3 Å². The number of benzene rings is 3. The van der Waals surface area contributed by atoms with E-state index in [-0.39, 0.29) is 28.9 Å². The molecule has 11 nitrogen and oxygen atoms in total. The number of fused-ring (bicyclic) bond motifs is 3. The van der Waals surface area contributed by atoms with E-state index in [1.165, 1.54) is 33.2 Å². The zero-order valence-electron chi connectivity index (χ0n) is 31.7. The molecule has 10 rings (SSSR count). The molecule has 0 spiro atoms. The second-order valence-corrected chi connectivity index (χ2v) is 16.2. The number of halogens is 2. The van der Waals surface area contributed by atoms with Crippen LogP contribution in [0.5, 0.6) is 0 Å². The Balaban J connectivity index is 1.07. The zero-order valence-corrected chi connectivity index (χ0v) is 31.7. The number of rotatable bonds is 6. The van der Waals surface area contributed by atoms with E-state index < -0.39 is 17.5 Å². The van der Waals surface area contributed by atoms with E-state index in [1.807, 2.05) is 36.1 Å². The molecule has 3 aliphatic rings. The van der Waals surface area contributed by atoms with Gasteiger partial charge < -0.3 is 14.6 Å². The molecule has 1 saturated heterocycles. The summed E-state index contributed by atoms with van der Waals surface area (Å²) in [6, 6.07) is 15.9. The summed E-state index contributed by atoms with van der Waals surface area (Å²) >= 11 is 0. The van der Waals surface area contributed by atoms with E-state index >= 15 is 8.78 Å². The Bertz CT molecular complexity index is 2780. The van der Waals surface area contributed by atoms with Gasteiger partial charge >= 0.3 is 5.69 Å². The minimum absolute atomic E-state index is 0.0827. The highest BCUT2D eigenvalue weighted by Crippen LogP contribution is 2.43. The van der Waals surface area contributed by atoms with Gasteiger partial charge in [0.05, 0.1) is 45.8 Å². The lowest BCUT2D eigenvalue weighted by Gasteiger charge is -2.36. The largest absolute Gasteiger partial charge is 0.376 e. The SMILES string of the molecule is C[C@H]1c2c(nn(-c3ccc(F)c(C4CC4)c3)c2-n2ccn(-c3ccc4c(cnn4C)c3F)c2=O)CCN1C(=O)c1cc2cccc([C@H]3CCOC(C)(C)C3)c2[nH]1. The van der Waals surface area contributed by atoms with Crippen LogP contribution in [0.15, 0.2) is 78.0 Å². The first-order chi connectivity index (χ1) is 27.0. The van der Waals surface area contributed by atoms with Gasteiger partial charge in [0.15, 0.2) is 5.82 Å². The third-order valence-electron chi connectivity index (χ3n) is 12.1. The molecular weight excluding hydrogens is 715 g/mol. The average Bonchev–Trinajstić information content (AvgIpc) is 3.44. The predicted octanol–water partition coefficient (Wildman–Crippen LogP) is 7.77. The van der Waals surface area contributed by atoms with Crippen LogP contribution in [-0.4, -0.2) is 63.2 Å². The summed E-state index contributed by atoms with van der Waals surface area (Å²) in [5.41, 5.74) is 5.23. The second kappa shape index (κ2) is 12.6. The molecule has 0 bridgehead atoms. The number of nitrogens with zero attached hydrogens (tertiary/aromatic N) is 7. The molecule has 286 valence electrons. The van der Waals surface area contributed by atoms with Crippen LogP contribution in [-0.2, 0) is 18.2 Å². The number of imidazole rings is 1. The van der Waals surface area contributed by atoms with Crippen molar-refractivity contribution in [2.45, 2.75) is 76.4 Å². The van der Waals surface area contributed by atoms with Crippen LogP contribution in [0.1, 0.15) is 97.2 Å². The van der Waals surface area contributed by atoms with Crippen LogP contribution in [0.3, 0.4) is 0 Å². The van der Waals surface area contributed by atoms with Crippen LogP contribution in [0.25, 0.3) is 39.0 Å². The molecule has 2 fully saturated rings. The maximum Gasteiger partial charge on any atom is 0.338 e. The van der Waals surface area contributed by atoms with Crippen molar-refractivity contribution < 1.29 is 18.3 Å². The van der Waals surface area contributed by atoms with Crippen molar-refractivity contribution in [2.24, 2.45) is 7.05 Å². The lowest BCUT2D eigenvalue weighted by Crippen LogP contribution is -2.39. The molecule has 1 N–H and O–H groups in total. The number of aromatic nitrogens is 7. The first kappa shape index (κ1) is 34.7. The molecule has 13 heteroatoms. The molecule has 6 heterocycles. The van der Waals surface area contributed by atoms with Gasteiger partial charge in [0.2, 0.25) is 0 Å². The fourth-order valence-electron chi connectivity index (χ4n) is 9.09. The smallest absolute Gasteiger partial charge is 0.338 e. The summed E-state index contributed by atoms with van der Waals surface area (Å²) in [7, 11) is 1.73. The van der Waals surface area contributed by atoms with E-state index in [4.69, 9.17) is 9.84 Å². The third kappa shape index (κ3) is 5.46. The van der Waals surface area contributed by atoms with Crippen LogP contribution in [0, 0.1) is 11.6 Å². The first-order valence-corrected chi connectivity index (χ1v) is 19.4. The lowest BCUT2D eigenvalue weighted by atomic mass is 9.83. The monoisotopic (exact) mass is 756 g/mol. The van der Waals surface area contributed by atoms with Gasteiger partial charge in [0, 0.05) is 55.5 Å². The Hall–Kier alpha value is -5.82. The third-order valence-corrected chi connectivity index (χ3v) is 12.1. The molecule has 3 aromatic carbocycles. The topological polar surface area (TPSA) is 108 Å². The van der Waals surface area contributed by atoms with Crippen molar-refractivity contribution in [3.05, 3.63) is 123 Å². The van der Waals surface area contributed by atoms with Crippen LogP contribution in [0.2, 0.25) is 0 Å². The number of carbonyl (C=O) groups excluding carboxylic acids is 1. The molecule has 56 heavy (non-hydrogen) atoms. The lowest BCUT2D eigenvalue weighted by molar-refractivity contribution is -0.0591. The van der Waals surface area contributed by atoms with E-state index in [9.17, 15) is 9.59 Å². The van der Waals surface area contributed by atoms with Gasteiger partial charge in [-0.2, -0.15) is 10.2 Å². The van der Waals surface area contributed by atoms with Crippen molar-refractivity contribution in [1.82, 2.24) is 38.6 Å². The molecule has 1 aliphatic carbocycles. The van der Waals surface area contributed by atoms with Gasteiger partial charge in [-0.1, -0.05) is 18.2 Å². The summed E-state index contributed by atoms with van der Waals surface area (Å²) in [6.07, 6.45) is 8.63. The number of ether oxygens (including phenoxy) is 1. The van der Waals surface area contributed by atoms with Crippen molar-refractivity contribution in [1.29, 1.82) is 0 Å². The maximum atomic E-state index is 16.0. The number of nitrogens with one attached hydrogen (secondary N) is 1. The summed E-state index contributed by atoms with van der Waals surface area (Å²) in [5, 5.41) is 10.5. The predicted molar refractivity (Wildman–Crippen MR) is 208 cm³/mol. The van der Waals surface area contributed by atoms with Crippen molar-refractivity contribution in [3.8, 4) is 17.2 Å². The number of para-hydroxylation sites is 1. The number of H-pyrrole nitrogens is 1. The van der Waals surface area contributed by atoms with E-state index in [0.29, 0.717) is 64.7 Å². The molecule has 7 aromatic rings. The Labute approximate surface area is 321 Å². The van der Waals surface area contributed by atoms with Gasteiger partial charge in [-0.25, -0.2) is 18.3 Å². The highest BCUT2D eigenvalue weighted by molar-refractivity contribution is 5.99. The Morgan fingerprint density at radius 3 is 2.61 bits per heavy atom. The second-order valence-electron chi connectivity index (χ2n) is 16.2. The van der Waals surface area contributed by atoms with E-state index in [2.05, 4.69) is 30.0 Å². The van der Waals surface area contributed by atoms with Crippen LogP contribution in [0.4, 0.5) is 8.78 Å². The maximum absolute atomic E-state index is 16.0. The molecule has 2 atom stereocenters. The number of hydrogen-bond acceptors (Lipinski definition) is 5. The number of amides is 1. The van der Waals surface area contributed by atoms with Gasteiger partial charge in [0.25, 0.3) is 5.91 Å². The van der Waals surface area contributed by atoms with Gasteiger partial charge in [-0.05, 0) is 106 Å². The molecule has 1 saturated carbocycles. The number of hydrogen-bond donors (Lipinski definition) is 1. The quantitative estimate of drug-likeness (QED) is 0.187. The van der Waals surface area contributed by atoms with Crippen molar-refractivity contribution in [2.75, 3.05) is 13.2 Å².